The molecule has 2 heterocycles. The number of ether oxygens (including phenoxy) is 1. The highest BCUT2D eigenvalue weighted by atomic mass is 16.5. The van der Waals surface area contributed by atoms with Crippen molar-refractivity contribution >= 4 is 17.3 Å². The van der Waals surface area contributed by atoms with Gasteiger partial charge in [-0.2, -0.15) is 0 Å². The van der Waals surface area contributed by atoms with E-state index in [1.54, 1.807) is 7.11 Å². The van der Waals surface area contributed by atoms with Gasteiger partial charge in [-0.05, 0) is 26.0 Å². The fourth-order valence-corrected chi connectivity index (χ4v) is 4.45. The fraction of sp³-hybridized carbons (Fsp3) is 0.350. The van der Waals surface area contributed by atoms with Crippen LogP contribution in [0.3, 0.4) is 0 Å². The molecule has 1 spiro atoms. The highest BCUT2D eigenvalue weighted by Crippen LogP contribution is 2.56. The summed E-state index contributed by atoms with van der Waals surface area (Å²) in [6.45, 7) is 4.74. The minimum atomic E-state index is -0.794. The van der Waals surface area contributed by atoms with Gasteiger partial charge in [-0.1, -0.05) is 35.9 Å². The van der Waals surface area contributed by atoms with E-state index in [0.717, 1.165) is 28.1 Å². The Balaban J connectivity index is 2.10. The van der Waals surface area contributed by atoms with E-state index in [1.807, 2.05) is 31.0 Å². The number of benzene rings is 2. The molecule has 0 aromatic heterocycles. The summed E-state index contributed by atoms with van der Waals surface area (Å²) in [5, 5.41) is 0. The first kappa shape index (κ1) is 15.2. The third kappa shape index (κ3) is 1.59. The molecule has 0 saturated heterocycles. The van der Waals surface area contributed by atoms with Gasteiger partial charge in [-0.3, -0.25) is 4.79 Å². The van der Waals surface area contributed by atoms with E-state index in [9.17, 15) is 4.79 Å². The SMILES string of the molecule is CCN1C(=O)C2(c3cc(C)ccc31)c1ccccc1N(C)[C@@H]2OC. The average Bonchev–Trinajstić information content (AvgIpc) is 2.99. The van der Waals surface area contributed by atoms with Crippen LogP contribution in [-0.4, -0.2) is 32.8 Å². The summed E-state index contributed by atoms with van der Waals surface area (Å²) in [7, 11) is 3.69. The summed E-state index contributed by atoms with van der Waals surface area (Å²) in [4.78, 5) is 17.6. The smallest absolute Gasteiger partial charge is 0.246 e. The third-order valence-electron chi connectivity index (χ3n) is 5.42. The molecule has 0 N–H and O–H groups in total. The monoisotopic (exact) mass is 322 g/mol. The number of hydrogen-bond donors (Lipinski definition) is 0. The normalized spacial score (nSPS) is 24.7. The predicted molar refractivity (Wildman–Crippen MR) is 95.6 cm³/mol. The number of carbonyl (C=O) groups is 1. The topological polar surface area (TPSA) is 32.8 Å². The standard InChI is InChI=1S/C20H22N2O2/c1-5-22-17-11-10-13(2)12-15(17)20(18(22)23)14-8-6-7-9-16(14)21(3)19(20)24-4/h6-12,19H,5H2,1-4H3/t19-,20?/m1/s1. The summed E-state index contributed by atoms with van der Waals surface area (Å²) in [5.41, 5.74) is 4.51. The van der Waals surface area contributed by atoms with E-state index in [1.165, 1.54) is 0 Å². The number of amides is 1. The minimum absolute atomic E-state index is 0.106. The van der Waals surface area contributed by atoms with E-state index >= 15 is 0 Å². The third-order valence-corrected chi connectivity index (χ3v) is 5.42. The van der Waals surface area contributed by atoms with Crippen molar-refractivity contribution in [3.05, 3.63) is 59.2 Å². The Morgan fingerprint density at radius 1 is 1.12 bits per heavy atom. The average molecular weight is 322 g/mol. The number of carbonyl (C=O) groups excluding carboxylic acids is 1. The Morgan fingerprint density at radius 2 is 1.88 bits per heavy atom. The highest BCUT2D eigenvalue weighted by Gasteiger charge is 2.62. The molecule has 1 unspecified atom stereocenters. The molecule has 24 heavy (non-hydrogen) atoms. The minimum Gasteiger partial charge on any atom is -0.360 e. The number of likely N-dealkylation sites (N-methyl/N-ethyl adjacent to an activating group) is 2. The maximum atomic E-state index is 13.6. The molecule has 0 fully saturated rings. The van der Waals surface area contributed by atoms with Gasteiger partial charge < -0.3 is 14.5 Å². The summed E-state index contributed by atoms with van der Waals surface area (Å²) in [6, 6.07) is 14.4. The number of hydrogen-bond acceptors (Lipinski definition) is 3. The number of para-hydroxylation sites is 1. The van der Waals surface area contributed by atoms with Crippen molar-refractivity contribution in [1.29, 1.82) is 0 Å². The van der Waals surface area contributed by atoms with Crippen LogP contribution in [0.4, 0.5) is 11.4 Å². The quantitative estimate of drug-likeness (QED) is 0.852. The highest BCUT2D eigenvalue weighted by molar-refractivity contribution is 6.13. The van der Waals surface area contributed by atoms with Crippen LogP contribution in [0.15, 0.2) is 42.5 Å². The lowest BCUT2D eigenvalue weighted by atomic mass is 9.75. The van der Waals surface area contributed by atoms with E-state index in [-0.39, 0.29) is 12.1 Å². The van der Waals surface area contributed by atoms with Crippen molar-refractivity contribution in [1.82, 2.24) is 0 Å². The number of aryl methyl sites for hydroxylation is 1. The molecule has 2 aromatic carbocycles. The van der Waals surface area contributed by atoms with Crippen LogP contribution in [0.2, 0.25) is 0 Å². The molecule has 2 atom stereocenters. The lowest BCUT2D eigenvalue weighted by Gasteiger charge is -2.33. The molecule has 2 aliphatic rings. The second-order valence-corrected chi connectivity index (χ2v) is 6.59. The number of fused-ring (bicyclic) bond motifs is 4. The largest absolute Gasteiger partial charge is 0.360 e. The molecule has 124 valence electrons. The number of rotatable bonds is 2. The number of nitrogens with zero attached hydrogens (tertiary/aromatic N) is 2. The van der Waals surface area contributed by atoms with Gasteiger partial charge in [0.25, 0.3) is 0 Å². The number of methoxy groups -OCH3 is 1. The van der Waals surface area contributed by atoms with E-state index in [4.69, 9.17) is 4.74 Å². The maximum Gasteiger partial charge on any atom is 0.246 e. The first-order chi connectivity index (χ1) is 11.6. The Morgan fingerprint density at radius 3 is 2.58 bits per heavy atom. The maximum absolute atomic E-state index is 13.6. The van der Waals surface area contributed by atoms with Gasteiger partial charge in [0, 0.05) is 43.2 Å². The Kier molecular flexibility index (Phi) is 3.22. The summed E-state index contributed by atoms with van der Waals surface area (Å²) >= 11 is 0. The molecule has 4 rings (SSSR count). The second-order valence-electron chi connectivity index (χ2n) is 6.59. The Labute approximate surface area is 142 Å². The molecule has 0 aliphatic carbocycles. The summed E-state index contributed by atoms with van der Waals surface area (Å²) < 4.78 is 5.88. The van der Waals surface area contributed by atoms with Crippen LogP contribution >= 0.6 is 0 Å². The van der Waals surface area contributed by atoms with Gasteiger partial charge in [0.05, 0.1) is 0 Å². The van der Waals surface area contributed by atoms with Gasteiger partial charge in [0.15, 0.2) is 6.23 Å². The van der Waals surface area contributed by atoms with Crippen molar-refractivity contribution in [3.8, 4) is 0 Å². The number of anilines is 2. The molecular weight excluding hydrogens is 300 g/mol. The molecule has 0 saturated carbocycles. The predicted octanol–water partition coefficient (Wildman–Crippen LogP) is 3.07. The summed E-state index contributed by atoms with van der Waals surface area (Å²) in [6.07, 6.45) is -0.348. The van der Waals surface area contributed by atoms with Crippen LogP contribution in [-0.2, 0) is 14.9 Å². The van der Waals surface area contributed by atoms with Crippen LogP contribution in [0.25, 0.3) is 0 Å². The summed E-state index contributed by atoms with van der Waals surface area (Å²) in [5.74, 6) is 0.106. The van der Waals surface area contributed by atoms with Gasteiger partial charge >= 0.3 is 0 Å². The lowest BCUT2D eigenvalue weighted by Crippen LogP contribution is -2.52. The zero-order valence-corrected chi connectivity index (χ0v) is 14.5. The van der Waals surface area contributed by atoms with Crippen molar-refractivity contribution in [2.75, 3.05) is 30.5 Å². The van der Waals surface area contributed by atoms with E-state index < -0.39 is 5.41 Å². The molecular formula is C20H22N2O2. The molecule has 0 radical (unpaired) electrons. The fourth-order valence-electron chi connectivity index (χ4n) is 4.45. The molecule has 2 aromatic rings. The van der Waals surface area contributed by atoms with Crippen molar-refractivity contribution in [2.45, 2.75) is 25.5 Å². The molecule has 2 aliphatic heterocycles. The van der Waals surface area contributed by atoms with Crippen molar-refractivity contribution in [3.63, 3.8) is 0 Å². The Bertz CT molecular complexity index is 832. The molecule has 4 heteroatoms. The van der Waals surface area contributed by atoms with E-state index in [2.05, 4.69) is 42.2 Å². The van der Waals surface area contributed by atoms with Gasteiger partial charge in [0.2, 0.25) is 5.91 Å². The van der Waals surface area contributed by atoms with Crippen molar-refractivity contribution in [2.24, 2.45) is 0 Å². The van der Waals surface area contributed by atoms with E-state index in [0.29, 0.717) is 6.54 Å². The first-order valence-electron chi connectivity index (χ1n) is 8.35. The van der Waals surface area contributed by atoms with Gasteiger partial charge in [-0.15, -0.1) is 0 Å². The van der Waals surface area contributed by atoms with Gasteiger partial charge in [0.1, 0.15) is 5.41 Å². The van der Waals surface area contributed by atoms with Gasteiger partial charge in [-0.25, -0.2) is 0 Å². The molecule has 4 nitrogen and oxygen atoms in total. The van der Waals surface area contributed by atoms with Crippen molar-refractivity contribution < 1.29 is 9.53 Å². The first-order valence-corrected chi connectivity index (χ1v) is 8.35. The lowest BCUT2D eigenvalue weighted by molar-refractivity contribution is -0.125. The molecule has 0 bridgehead atoms. The van der Waals surface area contributed by atoms with Crippen LogP contribution in [0, 0.1) is 6.92 Å². The zero-order valence-electron chi connectivity index (χ0n) is 14.5. The molecule has 1 amide bonds. The zero-order chi connectivity index (χ0) is 17.1. The second kappa shape index (κ2) is 5.08. The Hall–Kier alpha value is -2.33. The van der Waals surface area contributed by atoms with Crippen LogP contribution in [0.5, 0.6) is 0 Å². The van der Waals surface area contributed by atoms with Crippen LogP contribution in [0.1, 0.15) is 23.6 Å². The van der Waals surface area contributed by atoms with Crippen LogP contribution < -0.4 is 9.80 Å².